The van der Waals surface area contributed by atoms with Crippen molar-refractivity contribution in [1.82, 2.24) is 0 Å². The number of ketones is 1. The molecule has 1 nitrogen and oxygen atoms in total. The van der Waals surface area contributed by atoms with Crippen molar-refractivity contribution >= 4 is 11.9 Å². The van der Waals surface area contributed by atoms with Crippen molar-refractivity contribution in [3.05, 3.63) is 76.9 Å². The van der Waals surface area contributed by atoms with E-state index in [9.17, 15) is 4.79 Å². The molecular weight excluding hydrogens is 232 g/mol. The van der Waals surface area contributed by atoms with Gasteiger partial charge in [-0.25, -0.2) is 0 Å². The largest absolute Gasteiger partial charge is 0.294 e. The van der Waals surface area contributed by atoms with Crippen molar-refractivity contribution in [2.45, 2.75) is 19.3 Å². The molecule has 1 unspecified atom stereocenters. The van der Waals surface area contributed by atoms with E-state index in [1.54, 1.807) is 0 Å². The average molecular weight is 248 g/mol. The smallest absolute Gasteiger partial charge is 0.163 e. The molecule has 0 saturated carbocycles. The van der Waals surface area contributed by atoms with Crippen LogP contribution in [0.4, 0.5) is 0 Å². The molecule has 0 radical (unpaired) electrons. The maximum atomic E-state index is 12.3. The van der Waals surface area contributed by atoms with Gasteiger partial charge in [-0.05, 0) is 18.1 Å². The summed E-state index contributed by atoms with van der Waals surface area (Å²) in [5.41, 5.74) is 4.63. The molecule has 19 heavy (non-hydrogen) atoms. The fourth-order valence-electron chi connectivity index (χ4n) is 2.75. The maximum Gasteiger partial charge on any atom is 0.163 e. The number of fused-ring (bicyclic) bond motifs is 1. The van der Waals surface area contributed by atoms with Gasteiger partial charge in [-0.15, -0.1) is 0 Å². The summed E-state index contributed by atoms with van der Waals surface area (Å²) in [5, 5.41) is 0. The highest BCUT2D eigenvalue weighted by Gasteiger charge is 2.24. The van der Waals surface area contributed by atoms with Gasteiger partial charge in [0.2, 0.25) is 0 Å². The number of benzene rings is 2. The predicted octanol–water partition coefficient (Wildman–Crippen LogP) is 4.46. The van der Waals surface area contributed by atoms with Gasteiger partial charge in [-0.1, -0.05) is 66.2 Å². The second kappa shape index (κ2) is 4.85. The van der Waals surface area contributed by atoms with Crippen molar-refractivity contribution in [2.24, 2.45) is 0 Å². The van der Waals surface area contributed by atoms with Crippen LogP contribution < -0.4 is 0 Å². The van der Waals surface area contributed by atoms with Crippen molar-refractivity contribution in [3.8, 4) is 0 Å². The molecular formula is C18H16O. The van der Waals surface area contributed by atoms with Gasteiger partial charge in [0, 0.05) is 17.9 Å². The fraction of sp³-hybridized carbons (Fsp3) is 0.167. The monoisotopic (exact) mass is 248 g/mol. The van der Waals surface area contributed by atoms with E-state index in [4.69, 9.17) is 0 Å². The van der Waals surface area contributed by atoms with Gasteiger partial charge in [0.1, 0.15) is 0 Å². The topological polar surface area (TPSA) is 17.1 Å². The Morgan fingerprint density at radius 3 is 2.47 bits per heavy atom. The van der Waals surface area contributed by atoms with Crippen LogP contribution in [0.2, 0.25) is 0 Å². The third-order valence-corrected chi connectivity index (χ3v) is 3.79. The van der Waals surface area contributed by atoms with Gasteiger partial charge in [0.15, 0.2) is 5.78 Å². The molecule has 2 aromatic carbocycles. The molecule has 0 spiro atoms. The van der Waals surface area contributed by atoms with E-state index in [-0.39, 0.29) is 11.7 Å². The molecule has 0 heterocycles. The molecule has 0 fully saturated rings. The van der Waals surface area contributed by atoms with E-state index in [0.717, 1.165) is 5.56 Å². The molecule has 1 atom stereocenters. The lowest BCUT2D eigenvalue weighted by molar-refractivity contribution is 0.0977. The van der Waals surface area contributed by atoms with Crippen LogP contribution in [0, 0.1) is 0 Å². The number of hydrogen-bond donors (Lipinski definition) is 0. The Hall–Kier alpha value is -2.15. The second-order valence-electron chi connectivity index (χ2n) is 5.06. The summed E-state index contributed by atoms with van der Waals surface area (Å²) in [7, 11) is 0. The molecule has 3 rings (SSSR count). The first kappa shape index (κ1) is 11.9. The van der Waals surface area contributed by atoms with E-state index in [1.165, 1.54) is 16.7 Å². The summed E-state index contributed by atoms with van der Waals surface area (Å²) < 4.78 is 0. The minimum atomic E-state index is 0.218. The highest BCUT2D eigenvalue weighted by atomic mass is 16.1. The summed E-state index contributed by atoms with van der Waals surface area (Å²) in [6, 6.07) is 17.9. The first-order valence-corrected chi connectivity index (χ1v) is 6.61. The SMILES string of the molecule is CC1=Cc2ccccc2C1CC(=O)c1ccccc1. The number of hydrogen-bond acceptors (Lipinski definition) is 1. The van der Waals surface area contributed by atoms with Crippen LogP contribution in [-0.2, 0) is 0 Å². The van der Waals surface area contributed by atoms with Crippen LogP contribution in [-0.4, -0.2) is 5.78 Å². The number of Topliss-reactive ketones (excluding diaryl/α,β-unsaturated/α-hetero) is 1. The lowest BCUT2D eigenvalue weighted by Crippen LogP contribution is -2.07. The van der Waals surface area contributed by atoms with Gasteiger partial charge in [-0.2, -0.15) is 0 Å². The van der Waals surface area contributed by atoms with Crippen LogP contribution in [0.3, 0.4) is 0 Å². The van der Waals surface area contributed by atoms with Crippen LogP contribution in [0.15, 0.2) is 60.2 Å². The molecule has 0 saturated heterocycles. The lowest BCUT2D eigenvalue weighted by atomic mass is 9.89. The molecule has 1 aliphatic rings. The molecule has 0 aromatic heterocycles. The summed E-state index contributed by atoms with van der Waals surface area (Å²) in [4.78, 5) is 12.3. The average Bonchev–Trinajstić information content (AvgIpc) is 2.76. The van der Waals surface area contributed by atoms with Crippen molar-refractivity contribution < 1.29 is 4.79 Å². The van der Waals surface area contributed by atoms with E-state index >= 15 is 0 Å². The highest BCUT2D eigenvalue weighted by molar-refractivity contribution is 5.97. The Morgan fingerprint density at radius 1 is 1.00 bits per heavy atom. The second-order valence-corrected chi connectivity index (χ2v) is 5.06. The van der Waals surface area contributed by atoms with Crippen molar-refractivity contribution in [1.29, 1.82) is 0 Å². The Labute approximate surface area is 113 Å². The summed E-state index contributed by atoms with van der Waals surface area (Å²) in [5.74, 6) is 0.457. The molecule has 1 aliphatic carbocycles. The van der Waals surface area contributed by atoms with Crippen LogP contribution in [0.25, 0.3) is 6.08 Å². The normalized spacial score (nSPS) is 16.9. The van der Waals surface area contributed by atoms with Gasteiger partial charge in [0.25, 0.3) is 0 Å². The minimum absolute atomic E-state index is 0.218. The Morgan fingerprint density at radius 2 is 1.68 bits per heavy atom. The van der Waals surface area contributed by atoms with Crippen LogP contribution >= 0.6 is 0 Å². The molecule has 0 N–H and O–H groups in total. The first-order chi connectivity index (χ1) is 9.25. The van der Waals surface area contributed by atoms with Crippen LogP contribution in [0.5, 0.6) is 0 Å². The van der Waals surface area contributed by atoms with E-state index < -0.39 is 0 Å². The molecule has 2 aromatic rings. The maximum absolute atomic E-state index is 12.3. The lowest BCUT2D eigenvalue weighted by Gasteiger charge is -2.13. The Kier molecular flexibility index (Phi) is 3.04. The fourth-order valence-corrected chi connectivity index (χ4v) is 2.75. The summed E-state index contributed by atoms with van der Waals surface area (Å²) in [6.07, 6.45) is 2.75. The van der Waals surface area contributed by atoms with E-state index in [1.807, 2.05) is 42.5 Å². The zero-order valence-corrected chi connectivity index (χ0v) is 11.0. The third-order valence-electron chi connectivity index (χ3n) is 3.79. The number of allylic oxidation sites excluding steroid dienone is 1. The summed E-state index contributed by atoms with van der Waals surface area (Å²) >= 11 is 0. The predicted molar refractivity (Wildman–Crippen MR) is 78.2 cm³/mol. The number of carbonyl (C=O) groups excluding carboxylic acids is 1. The molecule has 94 valence electrons. The first-order valence-electron chi connectivity index (χ1n) is 6.61. The van der Waals surface area contributed by atoms with E-state index in [2.05, 4.69) is 25.1 Å². The zero-order valence-electron chi connectivity index (χ0n) is 11.0. The molecule has 0 aliphatic heterocycles. The van der Waals surface area contributed by atoms with Crippen LogP contribution in [0.1, 0.15) is 40.7 Å². The summed E-state index contributed by atoms with van der Waals surface area (Å²) in [6.45, 7) is 2.11. The zero-order chi connectivity index (χ0) is 13.2. The standard InChI is InChI=1S/C18H16O/c1-13-11-15-9-5-6-10-16(15)17(13)12-18(19)14-7-3-2-4-8-14/h2-11,17H,12H2,1H3. The Bertz CT molecular complexity index is 638. The third kappa shape index (κ3) is 2.24. The number of rotatable bonds is 3. The number of carbonyl (C=O) groups is 1. The van der Waals surface area contributed by atoms with Gasteiger partial charge in [0.05, 0.1) is 0 Å². The van der Waals surface area contributed by atoms with Gasteiger partial charge < -0.3 is 0 Å². The Balaban J connectivity index is 1.85. The van der Waals surface area contributed by atoms with Crippen molar-refractivity contribution in [2.75, 3.05) is 0 Å². The van der Waals surface area contributed by atoms with E-state index in [0.29, 0.717) is 6.42 Å². The molecule has 1 heteroatoms. The highest BCUT2D eigenvalue weighted by Crippen LogP contribution is 2.38. The van der Waals surface area contributed by atoms with Gasteiger partial charge in [-0.3, -0.25) is 4.79 Å². The minimum Gasteiger partial charge on any atom is -0.294 e. The molecule has 0 amide bonds. The molecule has 0 bridgehead atoms. The van der Waals surface area contributed by atoms with Gasteiger partial charge >= 0.3 is 0 Å². The van der Waals surface area contributed by atoms with Crippen molar-refractivity contribution in [3.63, 3.8) is 0 Å². The quantitative estimate of drug-likeness (QED) is 0.733.